The van der Waals surface area contributed by atoms with Gasteiger partial charge in [-0.1, -0.05) is 112 Å². The molecule has 15 nitrogen and oxygen atoms in total. The lowest BCUT2D eigenvalue weighted by atomic mass is 9.58. The highest BCUT2D eigenvalue weighted by atomic mass is 16.6. The van der Waals surface area contributed by atoms with Crippen molar-refractivity contribution in [1.29, 1.82) is 0 Å². The van der Waals surface area contributed by atoms with Crippen LogP contribution in [0.5, 0.6) is 0 Å². The van der Waals surface area contributed by atoms with E-state index in [0.29, 0.717) is 43.2 Å². The fraction of sp³-hybridized carbons (Fsp3) is 0.423. The van der Waals surface area contributed by atoms with Crippen molar-refractivity contribution >= 4 is 41.6 Å². The van der Waals surface area contributed by atoms with Crippen LogP contribution in [0.15, 0.2) is 103 Å². The van der Waals surface area contributed by atoms with E-state index in [1.807, 2.05) is 103 Å². The first kappa shape index (κ1) is 45.6. The molecule has 3 aliphatic heterocycles. The van der Waals surface area contributed by atoms with Gasteiger partial charge in [0.25, 0.3) is 11.8 Å². The second-order valence-electron chi connectivity index (χ2n) is 19.9. The average Bonchev–Trinajstić information content (AvgIpc) is 4.04. The number of nitrogens with zero attached hydrogens (tertiary/aromatic N) is 3. The molecule has 0 spiro atoms. The third kappa shape index (κ3) is 6.51. The molecule has 4 aliphatic carbocycles. The van der Waals surface area contributed by atoms with E-state index in [0.717, 1.165) is 27.9 Å². The summed E-state index contributed by atoms with van der Waals surface area (Å²) in [5.41, 5.74) is 22.4. The van der Waals surface area contributed by atoms with Gasteiger partial charge >= 0.3 is 24.1 Å². The second kappa shape index (κ2) is 16.3. The molecule has 9 atom stereocenters. The number of hydrogen-bond donors (Lipinski definition) is 4. The van der Waals surface area contributed by atoms with Crippen molar-refractivity contribution in [2.45, 2.75) is 118 Å². The van der Waals surface area contributed by atoms with Crippen LogP contribution < -0.4 is 27.8 Å². The van der Waals surface area contributed by atoms with E-state index in [2.05, 4.69) is 43.0 Å². The molecule has 4 amide bonds. The molecule has 4 aromatic carbocycles. The maximum atomic E-state index is 14.9. The lowest BCUT2D eigenvalue weighted by Crippen LogP contribution is -2.78. The predicted octanol–water partition coefficient (Wildman–Crippen LogP) is 4.98. The van der Waals surface area contributed by atoms with Crippen molar-refractivity contribution < 1.29 is 38.2 Å². The topological polar surface area (TPSA) is 235 Å². The molecule has 4 aromatic rings. The minimum Gasteiger partial charge on any atom is -0.375 e. The summed E-state index contributed by atoms with van der Waals surface area (Å²) in [5, 5.41) is 0. The lowest BCUT2D eigenvalue weighted by molar-refractivity contribution is -0.167. The van der Waals surface area contributed by atoms with Crippen LogP contribution in [0, 0.1) is 5.92 Å². The second-order valence-corrected chi connectivity index (χ2v) is 19.9. The molecule has 350 valence electrons. The first-order valence-electron chi connectivity index (χ1n) is 23.2. The van der Waals surface area contributed by atoms with Gasteiger partial charge in [0.1, 0.15) is 0 Å². The van der Waals surface area contributed by atoms with Gasteiger partial charge in [-0.3, -0.25) is 19.4 Å². The zero-order chi connectivity index (χ0) is 47.8. The van der Waals surface area contributed by atoms with Crippen molar-refractivity contribution in [3.05, 3.63) is 125 Å². The highest BCUT2D eigenvalue weighted by Gasteiger charge is 2.72. The van der Waals surface area contributed by atoms with E-state index in [1.54, 1.807) is 0 Å². The van der Waals surface area contributed by atoms with Crippen molar-refractivity contribution in [3.63, 3.8) is 0 Å². The van der Waals surface area contributed by atoms with Crippen molar-refractivity contribution in [2.75, 3.05) is 18.0 Å². The Morgan fingerprint density at radius 2 is 1.04 bits per heavy atom. The van der Waals surface area contributed by atoms with Gasteiger partial charge in [-0.15, -0.1) is 0 Å². The zero-order valence-corrected chi connectivity index (χ0v) is 38.4. The van der Waals surface area contributed by atoms with Crippen LogP contribution in [0.1, 0.15) is 82.1 Å². The van der Waals surface area contributed by atoms with Gasteiger partial charge in [0.2, 0.25) is 11.1 Å². The van der Waals surface area contributed by atoms with E-state index in [9.17, 15) is 28.8 Å². The number of primary amides is 4. The van der Waals surface area contributed by atoms with Crippen LogP contribution in [-0.2, 0) is 52.3 Å². The quantitative estimate of drug-likeness (QED) is 0.109. The summed E-state index contributed by atoms with van der Waals surface area (Å²) in [7, 11) is 0. The number of likely N-dealkylation sites (tertiary alicyclic amines) is 2. The summed E-state index contributed by atoms with van der Waals surface area (Å²) in [6.45, 7) is 8.46. The Bertz CT molecular complexity index is 2650. The summed E-state index contributed by atoms with van der Waals surface area (Å²) >= 11 is 0. The Kier molecular flexibility index (Phi) is 11.1. The number of ether oxygens (including phenoxy) is 2. The average molecular weight is 910 g/mol. The van der Waals surface area contributed by atoms with Crippen LogP contribution >= 0.6 is 0 Å². The summed E-state index contributed by atoms with van der Waals surface area (Å²) in [6, 6.07) is 31.9. The third-order valence-electron chi connectivity index (χ3n) is 16.8. The minimum atomic E-state index is -2.20. The number of esters is 2. The molecular weight excluding hydrogens is 851 g/mol. The molecule has 15 heteroatoms. The summed E-state index contributed by atoms with van der Waals surface area (Å²) in [6.07, 6.45) is 0.581. The van der Waals surface area contributed by atoms with E-state index in [-0.39, 0.29) is 31.8 Å². The van der Waals surface area contributed by atoms with Gasteiger partial charge in [-0.05, 0) is 103 Å². The largest absolute Gasteiger partial charge is 0.412 e. The Hall–Kier alpha value is -6.58. The number of rotatable bonds is 12. The molecule has 67 heavy (non-hydrogen) atoms. The van der Waals surface area contributed by atoms with E-state index >= 15 is 0 Å². The number of benzene rings is 4. The number of nitrogens with two attached hydrogens (primary N) is 4. The highest BCUT2D eigenvalue weighted by molar-refractivity contribution is 6.12. The highest BCUT2D eigenvalue weighted by Crippen LogP contribution is 2.57. The Morgan fingerprint density at radius 1 is 0.582 bits per heavy atom. The molecular formula is C52H59N7O8. The monoisotopic (exact) mass is 909 g/mol. The maximum Gasteiger partial charge on any atom is 0.412 e. The Balaban J connectivity index is 1.23. The van der Waals surface area contributed by atoms with E-state index < -0.39 is 81.5 Å². The molecule has 6 unspecified atom stereocenters. The van der Waals surface area contributed by atoms with Crippen molar-refractivity contribution in [2.24, 2.45) is 28.9 Å². The lowest BCUT2D eigenvalue weighted by Gasteiger charge is -2.58. The molecule has 0 radical (unpaired) electrons. The van der Waals surface area contributed by atoms with Gasteiger partial charge in [-0.25, -0.2) is 19.2 Å². The molecule has 8 N–H and O–H groups in total. The SMILES string of the molecule is CC1CC(C2CCCN2[C@@](C(N)=O)(C(=O)OC(N)=O)C2(C)Cc3ccc2cc3)N(c2ccc(-c3ccccc3)cc2)[C@@]1(C)C1CCCN1[C@@](C(N)=O)(C(=O)OC(N)=O)C1(C)Cc2ccc1cc2. The first-order chi connectivity index (χ1) is 31.8. The number of anilines is 1. The van der Waals surface area contributed by atoms with Crippen molar-refractivity contribution in [3.8, 4) is 11.1 Å². The fourth-order valence-corrected chi connectivity index (χ4v) is 13.8. The molecule has 11 rings (SSSR count). The smallest absolute Gasteiger partial charge is 0.375 e. The first-order valence-corrected chi connectivity index (χ1v) is 23.2. The van der Waals surface area contributed by atoms with E-state index in [4.69, 9.17) is 32.4 Å². The minimum absolute atomic E-state index is 0.188. The molecule has 0 aromatic heterocycles. The molecule has 0 saturated carbocycles. The predicted molar refractivity (Wildman–Crippen MR) is 250 cm³/mol. The molecule has 7 aliphatic rings. The van der Waals surface area contributed by atoms with Gasteiger partial charge < -0.3 is 37.3 Å². The molecule has 3 heterocycles. The van der Waals surface area contributed by atoms with E-state index in [1.165, 1.54) is 0 Å². The van der Waals surface area contributed by atoms with Gasteiger partial charge in [-0.2, -0.15) is 0 Å². The normalized spacial score (nSPS) is 29.5. The molecule has 3 fully saturated rings. The Morgan fingerprint density at radius 3 is 1.51 bits per heavy atom. The van der Waals surface area contributed by atoms with Crippen LogP contribution in [-0.4, -0.2) is 93.6 Å². The summed E-state index contributed by atoms with van der Waals surface area (Å²) in [4.78, 5) is 90.2. The van der Waals surface area contributed by atoms with Crippen LogP contribution in [0.3, 0.4) is 0 Å². The van der Waals surface area contributed by atoms with Crippen molar-refractivity contribution in [1.82, 2.24) is 9.80 Å². The number of amides is 4. The zero-order valence-electron chi connectivity index (χ0n) is 38.4. The van der Waals surface area contributed by atoms with Crippen LogP contribution in [0.25, 0.3) is 11.1 Å². The molecule has 4 bridgehead atoms. The van der Waals surface area contributed by atoms with Crippen LogP contribution in [0.4, 0.5) is 15.3 Å². The molecule has 3 saturated heterocycles. The standard InChI is InChI=1S/C52H59N7O8/c1-31-28-40(39-12-8-26-57(39)51(42(53)60,44(62)66-46(55)64)48(2)29-32-14-20-36(48)21-15-32)59(38-24-18-35(19-25-38)34-10-6-5-7-11-34)50(31,4)41-13-9-27-58(41)52(43(54)61,45(63)67-47(56)65)49(3)30-33-16-22-37(49)23-17-33/h5-7,10-11,14-25,31,39-41H,8-9,12-13,26-30H2,1-4H3,(H2,53,60)(H2,54,61)(H2,55,64)(H2,56,65)/t31?,39?,40?,41?,48?,49?,50-,51+,52+/m1/s1. The number of carbonyl (C=O) groups is 6. The van der Waals surface area contributed by atoms with Crippen LogP contribution in [0.2, 0.25) is 0 Å². The summed E-state index contributed by atoms with van der Waals surface area (Å²) in [5.74, 6) is -4.38. The van der Waals surface area contributed by atoms with Gasteiger partial charge in [0, 0.05) is 47.7 Å². The number of hydrogen-bond acceptors (Lipinski definition) is 11. The fourth-order valence-electron chi connectivity index (χ4n) is 13.8. The number of fused-ring (bicyclic) bond motifs is 6. The summed E-state index contributed by atoms with van der Waals surface area (Å²) < 4.78 is 10.6. The third-order valence-corrected chi connectivity index (χ3v) is 16.8. The Labute approximate surface area is 390 Å². The maximum absolute atomic E-state index is 14.9. The van der Waals surface area contributed by atoms with Gasteiger partial charge in [0.05, 0.1) is 5.54 Å². The number of carbonyl (C=O) groups excluding carboxylic acids is 6. The van der Waals surface area contributed by atoms with Gasteiger partial charge in [0.15, 0.2) is 0 Å².